The first-order valence-corrected chi connectivity index (χ1v) is 6.43. The Hall–Kier alpha value is -2.59. The normalized spacial score (nSPS) is 19.6. The van der Waals surface area contributed by atoms with Gasteiger partial charge in [0.05, 0.1) is 18.7 Å². The van der Waals surface area contributed by atoms with Crippen molar-refractivity contribution in [3.8, 4) is 12.1 Å². The summed E-state index contributed by atoms with van der Waals surface area (Å²) < 4.78 is 5.03. The van der Waals surface area contributed by atoms with E-state index in [0.29, 0.717) is 5.57 Å². The zero-order valence-electron chi connectivity index (χ0n) is 11.2. The van der Waals surface area contributed by atoms with E-state index in [0.717, 1.165) is 5.56 Å². The van der Waals surface area contributed by atoms with Crippen LogP contribution in [0.25, 0.3) is 0 Å². The van der Waals surface area contributed by atoms with Gasteiger partial charge in [0.25, 0.3) is 0 Å². The molecule has 0 radical (unpaired) electrons. The van der Waals surface area contributed by atoms with Crippen molar-refractivity contribution < 1.29 is 9.53 Å². The second-order valence-electron chi connectivity index (χ2n) is 4.62. The van der Waals surface area contributed by atoms with E-state index in [1.54, 1.807) is 13.0 Å². The highest BCUT2D eigenvalue weighted by Gasteiger charge is 2.48. The van der Waals surface area contributed by atoms with Crippen LogP contribution in [-0.4, -0.2) is 12.6 Å². The molecular weight excluding hydrogens is 252 g/mol. The van der Waals surface area contributed by atoms with E-state index in [4.69, 9.17) is 4.74 Å². The maximum atomic E-state index is 12.0. The number of benzene rings is 1. The fraction of sp³-hybridized carbons (Fsp3) is 0.312. The van der Waals surface area contributed by atoms with E-state index in [2.05, 4.69) is 12.1 Å². The Labute approximate surface area is 117 Å². The van der Waals surface area contributed by atoms with Gasteiger partial charge in [-0.15, -0.1) is 0 Å². The molecule has 0 fully saturated rings. The van der Waals surface area contributed by atoms with Crippen molar-refractivity contribution in [1.29, 1.82) is 10.5 Å². The molecule has 0 bridgehead atoms. The molecule has 0 heterocycles. The third kappa shape index (κ3) is 2.17. The van der Waals surface area contributed by atoms with E-state index >= 15 is 0 Å². The monoisotopic (exact) mass is 266 g/mol. The Balaban J connectivity index is 2.48. The first kappa shape index (κ1) is 13.8. The van der Waals surface area contributed by atoms with E-state index in [1.165, 1.54) is 0 Å². The molecule has 0 N–H and O–H groups in total. The molecule has 2 rings (SSSR count). The molecule has 1 atom stereocenters. The summed E-state index contributed by atoms with van der Waals surface area (Å²) in [4.78, 5) is 12.0. The van der Waals surface area contributed by atoms with E-state index in [1.807, 2.05) is 30.3 Å². The van der Waals surface area contributed by atoms with Crippen LogP contribution < -0.4 is 0 Å². The molecule has 0 aromatic heterocycles. The van der Waals surface area contributed by atoms with Gasteiger partial charge in [-0.2, -0.15) is 10.5 Å². The number of ether oxygens (including phenoxy) is 1. The lowest BCUT2D eigenvalue weighted by molar-refractivity contribution is -0.138. The molecule has 1 aliphatic carbocycles. The summed E-state index contributed by atoms with van der Waals surface area (Å²) in [6.45, 7) is 2.00. The fourth-order valence-electron chi connectivity index (χ4n) is 2.54. The van der Waals surface area contributed by atoms with Gasteiger partial charge in [0.15, 0.2) is 5.41 Å². The molecule has 100 valence electrons. The lowest BCUT2D eigenvalue weighted by Gasteiger charge is -2.24. The first-order chi connectivity index (χ1) is 9.68. The van der Waals surface area contributed by atoms with Crippen molar-refractivity contribution in [1.82, 2.24) is 0 Å². The lowest BCUT2D eigenvalue weighted by atomic mass is 9.73. The van der Waals surface area contributed by atoms with Gasteiger partial charge in [0.1, 0.15) is 0 Å². The summed E-state index contributed by atoms with van der Waals surface area (Å²) in [7, 11) is 0. The smallest absolute Gasteiger partial charge is 0.334 e. The van der Waals surface area contributed by atoms with Crippen LogP contribution in [-0.2, 0) is 9.53 Å². The number of rotatable bonds is 3. The van der Waals surface area contributed by atoms with E-state index in [-0.39, 0.29) is 13.0 Å². The Morgan fingerprint density at radius 1 is 1.35 bits per heavy atom. The van der Waals surface area contributed by atoms with Gasteiger partial charge in [-0.3, -0.25) is 0 Å². The maximum absolute atomic E-state index is 12.0. The molecule has 4 nitrogen and oxygen atoms in total. The van der Waals surface area contributed by atoms with Crippen LogP contribution in [0.1, 0.15) is 24.8 Å². The van der Waals surface area contributed by atoms with E-state index < -0.39 is 17.3 Å². The highest BCUT2D eigenvalue weighted by molar-refractivity contribution is 5.91. The third-order valence-electron chi connectivity index (χ3n) is 3.49. The van der Waals surface area contributed by atoms with Crippen LogP contribution in [0.15, 0.2) is 42.0 Å². The zero-order valence-corrected chi connectivity index (χ0v) is 11.2. The lowest BCUT2D eigenvalue weighted by Crippen LogP contribution is -2.25. The zero-order chi connectivity index (χ0) is 14.6. The topological polar surface area (TPSA) is 73.9 Å². The first-order valence-electron chi connectivity index (χ1n) is 6.43. The van der Waals surface area contributed by atoms with Crippen molar-refractivity contribution in [2.45, 2.75) is 19.3 Å². The SMILES string of the molecule is CCOC(=O)C1=CCC(C#N)(C#N)[C@H]1c1ccccc1. The van der Waals surface area contributed by atoms with Crippen molar-refractivity contribution >= 4 is 5.97 Å². The molecule has 1 aliphatic rings. The Morgan fingerprint density at radius 2 is 2.00 bits per heavy atom. The molecule has 0 saturated carbocycles. The van der Waals surface area contributed by atoms with Gasteiger partial charge in [-0.1, -0.05) is 36.4 Å². The van der Waals surface area contributed by atoms with Gasteiger partial charge in [-0.05, 0) is 18.9 Å². The Morgan fingerprint density at radius 3 is 2.55 bits per heavy atom. The van der Waals surface area contributed by atoms with Gasteiger partial charge in [0.2, 0.25) is 0 Å². The van der Waals surface area contributed by atoms with Crippen LogP contribution in [0.4, 0.5) is 0 Å². The molecule has 0 unspecified atom stereocenters. The average molecular weight is 266 g/mol. The predicted molar refractivity (Wildman–Crippen MR) is 72.2 cm³/mol. The van der Waals surface area contributed by atoms with Gasteiger partial charge in [0, 0.05) is 11.5 Å². The average Bonchev–Trinajstić information content (AvgIpc) is 2.88. The highest BCUT2D eigenvalue weighted by atomic mass is 16.5. The molecule has 0 amide bonds. The predicted octanol–water partition coefficient (Wildman–Crippen LogP) is 2.70. The minimum absolute atomic E-state index is 0.244. The highest BCUT2D eigenvalue weighted by Crippen LogP contribution is 2.49. The quantitative estimate of drug-likeness (QED) is 0.788. The molecule has 1 aromatic carbocycles. The standard InChI is InChI=1S/C16H14N2O2/c1-2-20-15(19)13-8-9-16(10-17,11-18)14(13)12-6-4-3-5-7-12/h3-8,14H,2,9H2,1H3/t14-/m0/s1. The third-order valence-corrected chi connectivity index (χ3v) is 3.49. The van der Waals surface area contributed by atoms with Crippen molar-refractivity contribution in [2.75, 3.05) is 6.61 Å². The summed E-state index contributed by atoms with van der Waals surface area (Å²) in [5.74, 6) is -1.01. The Kier molecular flexibility index (Phi) is 3.86. The van der Waals surface area contributed by atoms with Crippen LogP contribution >= 0.6 is 0 Å². The number of esters is 1. The Bertz CT molecular complexity index is 606. The minimum Gasteiger partial charge on any atom is -0.463 e. The van der Waals surface area contributed by atoms with E-state index in [9.17, 15) is 15.3 Å². The van der Waals surface area contributed by atoms with Crippen LogP contribution in [0.5, 0.6) is 0 Å². The summed E-state index contributed by atoms with van der Waals surface area (Å²) in [6, 6.07) is 13.3. The maximum Gasteiger partial charge on any atom is 0.334 e. The van der Waals surface area contributed by atoms with Crippen LogP contribution in [0.2, 0.25) is 0 Å². The van der Waals surface area contributed by atoms with Gasteiger partial charge >= 0.3 is 5.97 Å². The number of hydrogen-bond donors (Lipinski definition) is 0. The summed E-state index contributed by atoms with van der Waals surface area (Å²) >= 11 is 0. The molecule has 0 aliphatic heterocycles. The molecular formula is C16H14N2O2. The second kappa shape index (κ2) is 5.59. The molecule has 0 saturated heterocycles. The number of carbonyl (C=O) groups excluding carboxylic acids is 1. The number of hydrogen-bond acceptors (Lipinski definition) is 4. The number of allylic oxidation sites excluding steroid dienone is 1. The fourth-order valence-corrected chi connectivity index (χ4v) is 2.54. The second-order valence-corrected chi connectivity index (χ2v) is 4.62. The van der Waals surface area contributed by atoms with Crippen molar-refractivity contribution in [3.63, 3.8) is 0 Å². The van der Waals surface area contributed by atoms with Gasteiger partial charge < -0.3 is 4.74 Å². The molecule has 4 heteroatoms. The van der Waals surface area contributed by atoms with Crippen molar-refractivity contribution in [3.05, 3.63) is 47.5 Å². The van der Waals surface area contributed by atoms with Gasteiger partial charge in [-0.25, -0.2) is 4.79 Å². The number of nitrogens with zero attached hydrogens (tertiary/aromatic N) is 2. The molecule has 1 aromatic rings. The van der Waals surface area contributed by atoms with Crippen LogP contribution in [0.3, 0.4) is 0 Å². The number of carbonyl (C=O) groups is 1. The molecule has 0 spiro atoms. The van der Waals surface area contributed by atoms with Crippen LogP contribution in [0, 0.1) is 28.1 Å². The number of nitriles is 2. The summed E-state index contributed by atoms with van der Waals surface area (Å²) in [5, 5.41) is 18.8. The summed E-state index contributed by atoms with van der Waals surface area (Å²) in [6.07, 6.45) is 1.90. The minimum atomic E-state index is -1.23. The summed E-state index contributed by atoms with van der Waals surface area (Å²) in [5.41, 5.74) is -0.0442. The molecule has 20 heavy (non-hydrogen) atoms. The van der Waals surface area contributed by atoms with Crippen molar-refractivity contribution in [2.24, 2.45) is 5.41 Å². The largest absolute Gasteiger partial charge is 0.463 e.